The molecule has 0 aromatic carbocycles. The molecule has 0 bridgehead atoms. The summed E-state index contributed by atoms with van der Waals surface area (Å²) in [6.07, 6.45) is 1.33. The Morgan fingerprint density at radius 2 is 1.91 bits per heavy atom. The Morgan fingerprint density at radius 1 is 1.36 bits per heavy atom. The van der Waals surface area contributed by atoms with Crippen LogP contribution in [0.3, 0.4) is 0 Å². The van der Waals surface area contributed by atoms with Crippen molar-refractivity contribution in [3.05, 3.63) is 0 Å². The molecular weight excluding hydrogens is 168 g/mol. The SMILES string of the molecule is CCC[SiH2]C(C)(C)O[SiH](C)C. The molecule has 0 unspecified atom stereocenters. The molecule has 0 N–H and O–H groups in total. The van der Waals surface area contributed by atoms with Gasteiger partial charge in [0.15, 0.2) is 9.04 Å². The average molecular weight is 190 g/mol. The first kappa shape index (κ1) is 11.4. The summed E-state index contributed by atoms with van der Waals surface area (Å²) < 4.78 is 5.94. The fourth-order valence-corrected chi connectivity index (χ4v) is 5.25. The molecule has 0 saturated heterocycles. The van der Waals surface area contributed by atoms with E-state index in [4.69, 9.17) is 4.43 Å². The molecule has 0 heterocycles. The molecule has 0 atom stereocenters. The summed E-state index contributed by atoms with van der Waals surface area (Å²) in [6, 6.07) is 1.42. The molecule has 0 aliphatic carbocycles. The first-order valence-corrected chi connectivity index (χ1v) is 9.14. The van der Waals surface area contributed by atoms with Crippen LogP contribution in [-0.2, 0) is 4.43 Å². The maximum atomic E-state index is 5.94. The van der Waals surface area contributed by atoms with Crippen LogP contribution < -0.4 is 0 Å². The van der Waals surface area contributed by atoms with Gasteiger partial charge in [0.1, 0.15) is 0 Å². The summed E-state index contributed by atoms with van der Waals surface area (Å²) in [6.45, 7) is 11.3. The standard InChI is InChI=1S/C8H22OSi2/c1-6-7-10-8(2,3)9-11(4)5/h11H,6-7,10H2,1-5H3. The number of hydrogen-bond acceptors (Lipinski definition) is 1. The van der Waals surface area contributed by atoms with Crippen LogP contribution in [0.4, 0.5) is 0 Å². The van der Waals surface area contributed by atoms with E-state index in [1.165, 1.54) is 12.5 Å². The normalized spacial score (nSPS) is 13.6. The van der Waals surface area contributed by atoms with Crippen molar-refractivity contribution in [1.29, 1.82) is 0 Å². The second-order valence-electron chi connectivity index (χ2n) is 4.03. The van der Waals surface area contributed by atoms with E-state index in [-0.39, 0.29) is 14.7 Å². The molecule has 0 radical (unpaired) electrons. The van der Waals surface area contributed by atoms with E-state index in [1.807, 2.05) is 0 Å². The molecular formula is C8H22OSi2. The van der Waals surface area contributed by atoms with E-state index in [0.29, 0.717) is 0 Å². The van der Waals surface area contributed by atoms with Crippen molar-refractivity contribution in [3.63, 3.8) is 0 Å². The summed E-state index contributed by atoms with van der Waals surface area (Å²) in [7, 11) is -0.795. The van der Waals surface area contributed by atoms with Crippen LogP contribution in [0.2, 0.25) is 19.1 Å². The zero-order chi connectivity index (χ0) is 8.91. The molecule has 11 heavy (non-hydrogen) atoms. The molecule has 1 nitrogen and oxygen atoms in total. The maximum absolute atomic E-state index is 5.94. The topological polar surface area (TPSA) is 9.23 Å². The first-order chi connectivity index (χ1) is 4.98. The van der Waals surface area contributed by atoms with Gasteiger partial charge in [-0.15, -0.1) is 0 Å². The Labute approximate surface area is 75.1 Å². The summed E-state index contributed by atoms with van der Waals surface area (Å²) in [5, 5.41) is 0.274. The molecule has 0 rings (SSSR count). The van der Waals surface area contributed by atoms with Crippen molar-refractivity contribution in [1.82, 2.24) is 0 Å². The van der Waals surface area contributed by atoms with Crippen LogP contribution >= 0.6 is 0 Å². The van der Waals surface area contributed by atoms with Crippen LogP contribution in [0.5, 0.6) is 0 Å². The van der Waals surface area contributed by atoms with Crippen LogP contribution in [0, 0.1) is 0 Å². The van der Waals surface area contributed by atoms with E-state index in [1.54, 1.807) is 0 Å². The van der Waals surface area contributed by atoms with Gasteiger partial charge in [-0.2, -0.15) is 0 Å². The Hall–Kier alpha value is 0.394. The van der Waals surface area contributed by atoms with Gasteiger partial charge < -0.3 is 4.43 Å². The molecule has 0 amide bonds. The molecule has 0 aromatic rings. The van der Waals surface area contributed by atoms with Crippen LogP contribution in [-0.4, -0.2) is 23.8 Å². The largest absolute Gasteiger partial charge is 0.419 e. The van der Waals surface area contributed by atoms with Gasteiger partial charge in [-0.1, -0.05) is 19.4 Å². The van der Waals surface area contributed by atoms with Gasteiger partial charge in [0, 0.05) is 5.22 Å². The molecule has 0 aromatic heterocycles. The molecule has 3 heteroatoms. The van der Waals surface area contributed by atoms with E-state index >= 15 is 0 Å². The fraction of sp³-hybridized carbons (Fsp3) is 1.00. The van der Waals surface area contributed by atoms with Gasteiger partial charge in [0.05, 0.1) is 9.52 Å². The highest BCUT2D eigenvalue weighted by Gasteiger charge is 2.18. The Morgan fingerprint density at radius 3 is 2.27 bits per heavy atom. The number of hydrogen-bond donors (Lipinski definition) is 0. The molecule has 0 fully saturated rings. The van der Waals surface area contributed by atoms with Gasteiger partial charge in [0.2, 0.25) is 0 Å². The minimum atomic E-state index is -0.803. The first-order valence-electron chi connectivity index (χ1n) is 4.66. The van der Waals surface area contributed by atoms with Crippen LogP contribution in [0.15, 0.2) is 0 Å². The predicted molar refractivity (Wildman–Crippen MR) is 57.7 cm³/mol. The van der Waals surface area contributed by atoms with Gasteiger partial charge in [-0.3, -0.25) is 0 Å². The monoisotopic (exact) mass is 190 g/mol. The van der Waals surface area contributed by atoms with Gasteiger partial charge in [-0.05, 0) is 26.9 Å². The second kappa shape index (κ2) is 5.11. The van der Waals surface area contributed by atoms with Gasteiger partial charge in [-0.25, -0.2) is 0 Å². The summed E-state index contributed by atoms with van der Waals surface area (Å²) in [4.78, 5) is 0. The molecule has 0 saturated carbocycles. The van der Waals surface area contributed by atoms with Gasteiger partial charge >= 0.3 is 0 Å². The molecule has 0 aliphatic rings. The van der Waals surface area contributed by atoms with Crippen LogP contribution in [0.25, 0.3) is 0 Å². The number of rotatable bonds is 5. The van der Waals surface area contributed by atoms with Crippen molar-refractivity contribution < 1.29 is 4.43 Å². The van der Waals surface area contributed by atoms with Crippen molar-refractivity contribution in [2.75, 3.05) is 0 Å². The highest BCUT2D eigenvalue weighted by Crippen LogP contribution is 2.11. The third-order valence-electron chi connectivity index (χ3n) is 1.69. The van der Waals surface area contributed by atoms with E-state index in [0.717, 1.165) is 0 Å². The lowest BCUT2D eigenvalue weighted by Crippen LogP contribution is -2.36. The fourth-order valence-electron chi connectivity index (χ4n) is 1.30. The minimum absolute atomic E-state index is 0.00892. The lowest BCUT2D eigenvalue weighted by atomic mass is 10.5. The maximum Gasteiger partial charge on any atom is 0.171 e. The lowest BCUT2D eigenvalue weighted by Gasteiger charge is -2.27. The zero-order valence-electron chi connectivity index (χ0n) is 8.61. The highest BCUT2D eigenvalue weighted by atomic mass is 28.3. The van der Waals surface area contributed by atoms with Crippen LogP contribution in [0.1, 0.15) is 27.2 Å². The Balaban J connectivity index is 3.61. The summed E-state index contributed by atoms with van der Waals surface area (Å²) in [5.41, 5.74) is 0. The quantitative estimate of drug-likeness (QED) is 0.600. The predicted octanol–water partition coefficient (Wildman–Crippen LogP) is 1.72. The van der Waals surface area contributed by atoms with Gasteiger partial charge in [0.25, 0.3) is 0 Å². The lowest BCUT2D eigenvalue weighted by molar-refractivity contribution is 0.196. The molecule has 0 aliphatic heterocycles. The molecule has 0 spiro atoms. The highest BCUT2D eigenvalue weighted by molar-refractivity contribution is 6.50. The smallest absolute Gasteiger partial charge is 0.171 e. The summed E-state index contributed by atoms with van der Waals surface area (Å²) >= 11 is 0. The zero-order valence-corrected chi connectivity index (χ0v) is 11.2. The minimum Gasteiger partial charge on any atom is -0.419 e. The van der Waals surface area contributed by atoms with Crippen molar-refractivity contribution in [3.8, 4) is 0 Å². The van der Waals surface area contributed by atoms with E-state index in [9.17, 15) is 0 Å². The van der Waals surface area contributed by atoms with Crippen molar-refractivity contribution in [2.24, 2.45) is 0 Å². The summed E-state index contributed by atoms with van der Waals surface area (Å²) in [5.74, 6) is 0. The van der Waals surface area contributed by atoms with E-state index < -0.39 is 9.04 Å². The van der Waals surface area contributed by atoms with Crippen molar-refractivity contribution >= 4 is 18.6 Å². The average Bonchev–Trinajstić information content (AvgIpc) is 1.81. The third kappa shape index (κ3) is 6.78. The second-order valence-corrected chi connectivity index (χ2v) is 9.27. The third-order valence-corrected chi connectivity index (χ3v) is 5.56. The van der Waals surface area contributed by atoms with Crippen molar-refractivity contribution in [2.45, 2.75) is 51.6 Å². The molecule has 68 valence electrons. The Kier molecular flexibility index (Phi) is 5.30. The van der Waals surface area contributed by atoms with E-state index in [2.05, 4.69) is 33.9 Å². The Bertz CT molecular complexity index is 102.